The molecule has 0 saturated carbocycles. The number of amides is 1. The van der Waals surface area contributed by atoms with Gasteiger partial charge in [-0.25, -0.2) is 13.8 Å². The van der Waals surface area contributed by atoms with E-state index in [1.165, 1.54) is 17.6 Å². The van der Waals surface area contributed by atoms with Crippen molar-refractivity contribution in [1.82, 2.24) is 5.43 Å². The van der Waals surface area contributed by atoms with Crippen LogP contribution >= 0.6 is 0 Å². The number of ether oxygens (including phenoxy) is 1. The summed E-state index contributed by atoms with van der Waals surface area (Å²) in [5.74, 6) is 0.304. The third-order valence-corrected chi connectivity index (χ3v) is 6.60. The van der Waals surface area contributed by atoms with Gasteiger partial charge in [0.05, 0.1) is 16.8 Å². The molecule has 1 N–H and O–H groups in total. The monoisotopic (exact) mass is 463 g/mol. The van der Waals surface area contributed by atoms with Crippen LogP contribution in [0, 0.1) is 6.92 Å². The summed E-state index contributed by atoms with van der Waals surface area (Å²) in [6.45, 7) is 5.92. The molecule has 1 amide bonds. The molecule has 0 unspecified atom stereocenters. The molecule has 3 aromatic carbocycles. The number of aryl methyl sites for hydroxylation is 1. The first-order valence-corrected chi connectivity index (χ1v) is 11.6. The van der Waals surface area contributed by atoms with Crippen molar-refractivity contribution in [3.63, 3.8) is 0 Å². The Kier molecular flexibility index (Phi) is 7.63. The highest BCUT2D eigenvalue weighted by atomic mass is 32.2. The quantitative estimate of drug-likeness (QED) is 0.293. The summed E-state index contributed by atoms with van der Waals surface area (Å²) in [5, 5.41) is 3.97. The van der Waals surface area contributed by atoms with Crippen LogP contribution in [-0.4, -0.2) is 34.2 Å². The van der Waals surface area contributed by atoms with Crippen LogP contribution < -0.4 is 14.5 Å². The molecule has 3 rings (SSSR count). The largest absolute Gasteiger partial charge is 0.490 e. The standard InChI is InChI=1S/C25H25N3O4S/c1-4-17-32-23-13-7-20(8-14-23)18-26-27-25(29)21-9-11-22(12-10-21)28(3)33(30,31)24-15-5-19(2)6-16-24/h4-16,18H,1,17H2,2-3H3,(H,27,29)/b26-18-. The van der Waals surface area contributed by atoms with Crippen molar-refractivity contribution < 1.29 is 17.9 Å². The second-order valence-electron chi connectivity index (χ2n) is 7.20. The Balaban J connectivity index is 1.62. The second-order valence-corrected chi connectivity index (χ2v) is 9.17. The molecule has 0 atom stereocenters. The number of carbonyl (C=O) groups is 1. The van der Waals surface area contributed by atoms with E-state index in [9.17, 15) is 13.2 Å². The molecule has 0 spiro atoms. The first-order chi connectivity index (χ1) is 15.8. The zero-order valence-electron chi connectivity index (χ0n) is 18.4. The average molecular weight is 464 g/mol. The third-order valence-electron chi connectivity index (χ3n) is 4.80. The molecule has 170 valence electrons. The fourth-order valence-electron chi connectivity index (χ4n) is 2.87. The minimum absolute atomic E-state index is 0.201. The normalized spacial score (nSPS) is 11.2. The Hall–Kier alpha value is -3.91. The van der Waals surface area contributed by atoms with Crippen molar-refractivity contribution >= 4 is 27.8 Å². The molecular weight excluding hydrogens is 438 g/mol. The first kappa shape index (κ1) is 23.7. The lowest BCUT2D eigenvalue weighted by molar-refractivity contribution is 0.0955. The lowest BCUT2D eigenvalue weighted by atomic mass is 10.2. The molecule has 0 aromatic heterocycles. The average Bonchev–Trinajstić information content (AvgIpc) is 2.83. The van der Waals surface area contributed by atoms with Gasteiger partial charge < -0.3 is 4.74 Å². The summed E-state index contributed by atoms with van der Waals surface area (Å²) in [6.07, 6.45) is 3.18. The Morgan fingerprint density at radius 3 is 2.27 bits per heavy atom. The van der Waals surface area contributed by atoms with E-state index in [0.717, 1.165) is 11.1 Å². The number of sulfonamides is 1. The summed E-state index contributed by atoms with van der Waals surface area (Å²) in [5.41, 5.74) is 5.02. The van der Waals surface area contributed by atoms with Gasteiger partial charge in [-0.05, 0) is 73.2 Å². The molecule has 0 fully saturated rings. The zero-order valence-corrected chi connectivity index (χ0v) is 19.2. The van der Waals surface area contributed by atoms with Gasteiger partial charge in [-0.1, -0.05) is 30.4 Å². The van der Waals surface area contributed by atoms with Gasteiger partial charge in [0, 0.05) is 12.6 Å². The molecule has 33 heavy (non-hydrogen) atoms. The fraction of sp³-hybridized carbons (Fsp3) is 0.120. The fourth-order valence-corrected chi connectivity index (χ4v) is 4.06. The molecule has 0 heterocycles. The lowest BCUT2D eigenvalue weighted by Gasteiger charge is -2.19. The number of benzene rings is 3. The predicted molar refractivity (Wildman–Crippen MR) is 130 cm³/mol. The van der Waals surface area contributed by atoms with E-state index >= 15 is 0 Å². The van der Waals surface area contributed by atoms with Crippen LogP contribution in [0.2, 0.25) is 0 Å². The molecule has 3 aromatic rings. The molecule has 7 nitrogen and oxygen atoms in total. The molecule has 0 radical (unpaired) electrons. The van der Waals surface area contributed by atoms with Crippen LogP contribution in [0.25, 0.3) is 0 Å². The van der Waals surface area contributed by atoms with E-state index in [1.807, 2.05) is 19.1 Å². The van der Waals surface area contributed by atoms with E-state index in [0.29, 0.717) is 23.6 Å². The van der Waals surface area contributed by atoms with Crippen molar-refractivity contribution in [2.24, 2.45) is 5.10 Å². The van der Waals surface area contributed by atoms with Crippen LogP contribution in [0.5, 0.6) is 5.75 Å². The van der Waals surface area contributed by atoms with Crippen molar-refractivity contribution in [3.8, 4) is 5.75 Å². The topological polar surface area (TPSA) is 88.1 Å². The predicted octanol–water partition coefficient (Wildman–Crippen LogP) is 4.15. The molecule has 0 aliphatic rings. The first-order valence-electron chi connectivity index (χ1n) is 10.1. The summed E-state index contributed by atoms with van der Waals surface area (Å²) in [4.78, 5) is 12.6. The summed E-state index contributed by atoms with van der Waals surface area (Å²) < 4.78 is 32.2. The molecule has 8 heteroatoms. The Morgan fingerprint density at radius 1 is 1.03 bits per heavy atom. The number of nitrogens with one attached hydrogen (secondary N) is 1. The van der Waals surface area contributed by atoms with E-state index < -0.39 is 15.9 Å². The highest BCUT2D eigenvalue weighted by molar-refractivity contribution is 7.92. The Morgan fingerprint density at radius 2 is 1.67 bits per heavy atom. The lowest BCUT2D eigenvalue weighted by Crippen LogP contribution is -2.26. The Bertz CT molecular complexity index is 1230. The number of anilines is 1. The maximum absolute atomic E-state index is 12.8. The second kappa shape index (κ2) is 10.6. The maximum Gasteiger partial charge on any atom is 0.271 e. The number of hydrogen-bond acceptors (Lipinski definition) is 5. The van der Waals surface area contributed by atoms with Crippen LogP contribution in [0.3, 0.4) is 0 Å². The van der Waals surface area contributed by atoms with Gasteiger partial charge in [-0.3, -0.25) is 9.10 Å². The third kappa shape index (κ3) is 6.08. The minimum Gasteiger partial charge on any atom is -0.490 e. The van der Waals surface area contributed by atoms with Crippen molar-refractivity contribution in [2.75, 3.05) is 18.0 Å². The van der Waals surface area contributed by atoms with Crippen molar-refractivity contribution in [2.45, 2.75) is 11.8 Å². The molecule has 0 saturated heterocycles. The van der Waals surface area contributed by atoms with Crippen LogP contribution in [-0.2, 0) is 10.0 Å². The number of rotatable bonds is 9. The number of carbonyl (C=O) groups excluding carboxylic acids is 1. The van der Waals surface area contributed by atoms with Crippen LogP contribution in [0.4, 0.5) is 5.69 Å². The minimum atomic E-state index is -3.70. The highest BCUT2D eigenvalue weighted by Crippen LogP contribution is 2.22. The van der Waals surface area contributed by atoms with E-state index in [1.54, 1.807) is 66.7 Å². The van der Waals surface area contributed by atoms with Crippen LogP contribution in [0.15, 0.2) is 95.4 Å². The van der Waals surface area contributed by atoms with Gasteiger partial charge in [-0.15, -0.1) is 0 Å². The zero-order chi connectivity index (χ0) is 23.8. The SMILES string of the molecule is C=CCOc1ccc(/C=N\NC(=O)c2ccc(N(C)S(=O)(=O)c3ccc(C)cc3)cc2)cc1. The van der Waals surface area contributed by atoms with E-state index in [2.05, 4.69) is 17.1 Å². The van der Waals surface area contributed by atoms with Gasteiger partial charge >= 0.3 is 0 Å². The van der Waals surface area contributed by atoms with Crippen molar-refractivity contribution in [1.29, 1.82) is 0 Å². The molecule has 0 bridgehead atoms. The molecular formula is C25H25N3O4S. The number of hydrazone groups is 1. The van der Waals surface area contributed by atoms with Gasteiger partial charge in [0.15, 0.2) is 0 Å². The summed E-state index contributed by atoms with van der Waals surface area (Å²) in [7, 11) is -2.23. The van der Waals surface area contributed by atoms with Gasteiger partial charge in [0.2, 0.25) is 0 Å². The number of hydrogen-bond donors (Lipinski definition) is 1. The highest BCUT2D eigenvalue weighted by Gasteiger charge is 2.21. The summed E-state index contributed by atoms with van der Waals surface area (Å²) in [6, 6.07) is 20.1. The van der Waals surface area contributed by atoms with Gasteiger partial charge in [0.1, 0.15) is 12.4 Å². The van der Waals surface area contributed by atoms with Crippen LogP contribution in [0.1, 0.15) is 21.5 Å². The summed E-state index contributed by atoms with van der Waals surface area (Å²) >= 11 is 0. The Labute approximate surface area is 194 Å². The number of nitrogens with zero attached hydrogens (tertiary/aromatic N) is 2. The maximum atomic E-state index is 12.8. The van der Waals surface area contributed by atoms with E-state index in [-0.39, 0.29) is 4.90 Å². The van der Waals surface area contributed by atoms with Gasteiger partial charge in [-0.2, -0.15) is 5.10 Å². The smallest absolute Gasteiger partial charge is 0.271 e. The molecule has 0 aliphatic heterocycles. The molecule has 0 aliphatic carbocycles. The van der Waals surface area contributed by atoms with Gasteiger partial charge in [0.25, 0.3) is 15.9 Å². The van der Waals surface area contributed by atoms with E-state index in [4.69, 9.17) is 4.74 Å². The van der Waals surface area contributed by atoms with Crippen molar-refractivity contribution in [3.05, 3.63) is 102 Å².